The molecule has 0 aliphatic carbocycles. The van der Waals surface area contributed by atoms with Gasteiger partial charge in [-0.3, -0.25) is 0 Å². The Hall–Kier alpha value is -0.480. The standard InChI is InChI=1S/C8H14ClNO3/c1-2-12-8(11)10-3-4-13-7(5-9)6-10/h7H,2-6H2,1H3. The van der Waals surface area contributed by atoms with Crippen molar-refractivity contribution in [2.45, 2.75) is 13.0 Å². The second-order valence-electron chi connectivity index (χ2n) is 2.79. The summed E-state index contributed by atoms with van der Waals surface area (Å²) >= 11 is 5.62. The maximum absolute atomic E-state index is 11.3. The molecule has 0 saturated carbocycles. The molecule has 0 radical (unpaired) electrons. The van der Waals surface area contributed by atoms with Crippen molar-refractivity contribution in [3.63, 3.8) is 0 Å². The van der Waals surface area contributed by atoms with Gasteiger partial charge in [0.1, 0.15) is 0 Å². The number of alkyl halides is 1. The van der Waals surface area contributed by atoms with Crippen molar-refractivity contribution in [2.24, 2.45) is 0 Å². The monoisotopic (exact) mass is 207 g/mol. The Kier molecular flexibility index (Phi) is 4.32. The molecule has 1 amide bonds. The first-order valence-corrected chi connectivity index (χ1v) is 4.90. The molecule has 0 aromatic rings. The molecule has 0 aromatic heterocycles. The highest BCUT2D eigenvalue weighted by Gasteiger charge is 2.24. The molecule has 0 N–H and O–H groups in total. The summed E-state index contributed by atoms with van der Waals surface area (Å²) in [5.74, 6) is 0.413. The Balaban J connectivity index is 2.37. The molecule has 13 heavy (non-hydrogen) atoms. The lowest BCUT2D eigenvalue weighted by molar-refractivity contribution is -0.0158. The highest BCUT2D eigenvalue weighted by atomic mass is 35.5. The molecule has 0 spiro atoms. The van der Waals surface area contributed by atoms with E-state index in [1.54, 1.807) is 11.8 Å². The third-order valence-electron chi connectivity index (χ3n) is 1.84. The van der Waals surface area contributed by atoms with Crippen LogP contribution in [-0.2, 0) is 9.47 Å². The number of ether oxygens (including phenoxy) is 2. The summed E-state index contributed by atoms with van der Waals surface area (Å²) in [5, 5.41) is 0. The second kappa shape index (κ2) is 5.29. The zero-order valence-corrected chi connectivity index (χ0v) is 8.42. The van der Waals surface area contributed by atoms with E-state index >= 15 is 0 Å². The third-order valence-corrected chi connectivity index (χ3v) is 2.18. The van der Waals surface area contributed by atoms with Crippen molar-refractivity contribution in [3.8, 4) is 0 Å². The van der Waals surface area contributed by atoms with E-state index in [0.29, 0.717) is 32.2 Å². The normalized spacial score (nSPS) is 22.9. The number of carbonyl (C=O) groups is 1. The molecular formula is C8H14ClNO3. The van der Waals surface area contributed by atoms with E-state index in [1.165, 1.54) is 0 Å². The van der Waals surface area contributed by atoms with Gasteiger partial charge in [-0.05, 0) is 6.92 Å². The molecule has 0 aromatic carbocycles. The number of hydrogen-bond donors (Lipinski definition) is 0. The number of morpholine rings is 1. The lowest BCUT2D eigenvalue weighted by atomic mass is 10.3. The summed E-state index contributed by atoms with van der Waals surface area (Å²) in [5.41, 5.74) is 0. The van der Waals surface area contributed by atoms with Crippen LogP contribution >= 0.6 is 11.6 Å². The number of hydrogen-bond acceptors (Lipinski definition) is 3. The van der Waals surface area contributed by atoms with Crippen molar-refractivity contribution >= 4 is 17.7 Å². The maximum Gasteiger partial charge on any atom is 0.409 e. The molecule has 0 bridgehead atoms. The van der Waals surface area contributed by atoms with Crippen LogP contribution in [0.1, 0.15) is 6.92 Å². The minimum atomic E-state index is -0.277. The first kappa shape index (κ1) is 10.6. The smallest absolute Gasteiger partial charge is 0.409 e. The van der Waals surface area contributed by atoms with Crippen LogP contribution in [0.5, 0.6) is 0 Å². The van der Waals surface area contributed by atoms with Gasteiger partial charge < -0.3 is 14.4 Å². The zero-order chi connectivity index (χ0) is 9.68. The van der Waals surface area contributed by atoms with Crippen LogP contribution < -0.4 is 0 Å². The lowest BCUT2D eigenvalue weighted by Gasteiger charge is -2.31. The predicted molar refractivity (Wildman–Crippen MR) is 49.1 cm³/mol. The summed E-state index contributed by atoms with van der Waals surface area (Å²) in [4.78, 5) is 12.9. The van der Waals surface area contributed by atoms with Gasteiger partial charge in [-0.2, -0.15) is 0 Å². The summed E-state index contributed by atoms with van der Waals surface area (Å²) in [6.45, 7) is 3.85. The van der Waals surface area contributed by atoms with Crippen LogP contribution in [0.15, 0.2) is 0 Å². The van der Waals surface area contributed by atoms with Crippen LogP contribution in [-0.4, -0.2) is 49.3 Å². The molecule has 76 valence electrons. The van der Waals surface area contributed by atoms with Gasteiger partial charge in [-0.25, -0.2) is 4.79 Å². The van der Waals surface area contributed by atoms with Crippen LogP contribution in [0, 0.1) is 0 Å². The molecule has 1 aliphatic rings. The first-order chi connectivity index (χ1) is 6.27. The van der Waals surface area contributed by atoms with Gasteiger partial charge in [0.2, 0.25) is 0 Å². The van der Waals surface area contributed by atoms with E-state index in [4.69, 9.17) is 21.1 Å². The fourth-order valence-electron chi connectivity index (χ4n) is 1.19. The van der Waals surface area contributed by atoms with Crippen molar-refractivity contribution < 1.29 is 14.3 Å². The molecule has 1 atom stereocenters. The molecule has 1 aliphatic heterocycles. The summed E-state index contributed by atoms with van der Waals surface area (Å²) in [7, 11) is 0. The van der Waals surface area contributed by atoms with Gasteiger partial charge in [-0.1, -0.05) is 0 Å². The zero-order valence-electron chi connectivity index (χ0n) is 7.66. The minimum Gasteiger partial charge on any atom is -0.450 e. The largest absolute Gasteiger partial charge is 0.450 e. The van der Waals surface area contributed by atoms with Crippen LogP contribution in [0.25, 0.3) is 0 Å². The Morgan fingerprint density at radius 1 is 1.77 bits per heavy atom. The Labute approximate surface area is 82.7 Å². The first-order valence-electron chi connectivity index (χ1n) is 4.37. The van der Waals surface area contributed by atoms with E-state index in [-0.39, 0.29) is 12.2 Å². The van der Waals surface area contributed by atoms with Gasteiger partial charge in [-0.15, -0.1) is 11.6 Å². The molecule has 1 fully saturated rings. The Bertz CT molecular complexity index is 177. The fraction of sp³-hybridized carbons (Fsp3) is 0.875. The Morgan fingerprint density at radius 2 is 2.54 bits per heavy atom. The highest BCUT2D eigenvalue weighted by Crippen LogP contribution is 2.07. The lowest BCUT2D eigenvalue weighted by Crippen LogP contribution is -2.46. The van der Waals surface area contributed by atoms with Crippen molar-refractivity contribution in [1.82, 2.24) is 4.90 Å². The van der Waals surface area contributed by atoms with Crippen molar-refractivity contribution in [1.29, 1.82) is 0 Å². The van der Waals surface area contributed by atoms with Gasteiger partial charge in [0.05, 0.1) is 31.7 Å². The minimum absolute atomic E-state index is 0.0557. The molecule has 1 saturated heterocycles. The number of carbonyl (C=O) groups excluding carboxylic acids is 1. The third kappa shape index (κ3) is 3.04. The highest BCUT2D eigenvalue weighted by molar-refractivity contribution is 6.18. The Morgan fingerprint density at radius 3 is 3.15 bits per heavy atom. The SMILES string of the molecule is CCOC(=O)N1CCOC(CCl)C1. The van der Waals surface area contributed by atoms with Gasteiger partial charge in [0, 0.05) is 6.54 Å². The quantitative estimate of drug-likeness (QED) is 0.637. The number of nitrogens with zero attached hydrogens (tertiary/aromatic N) is 1. The summed E-state index contributed by atoms with van der Waals surface area (Å²) < 4.78 is 10.2. The van der Waals surface area contributed by atoms with Crippen LogP contribution in [0.2, 0.25) is 0 Å². The van der Waals surface area contributed by atoms with E-state index in [1.807, 2.05) is 0 Å². The van der Waals surface area contributed by atoms with E-state index < -0.39 is 0 Å². The van der Waals surface area contributed by atoms with Gasteiger partial charge >= 0.3 is 6.09 Å². The number of halogens is 1. The predicted octanol–water partition coefficient (Wildman–Crippen LogP) is 1.08. The van der Waals surface area contributed by atoms with Crippen LogP contribution in [0.3, 0.4) is 0 Å². The summed E-state index contributed by atoms with van der Waals surface area (Å²) in [6, 6.07) is 0. The molecule has 1 heterocycles. The molecule has 4 nitrogen and oxygen atoms in total. The fourth-order valence-corrected chi connectivity index (χ4v) is 1.38. The average Bonchev–Trinajstić information content (AvgIpc) is 2.18. The van der Waals surface area contributed by atoms with Crippen LogP contribution in [0.4, 0.5) is 4.79 Å². The molecule has 5 heteroatoms. The van der Waals surface area contributed by atoms with E-state index in [2.05, 4.69) is 0 Å². The topological polar surface area (TPSA) is 38.8 Å². The van der Waals surface area contributed by atoms with E-state index in [9.17, 15) is 4.79 Å². The number of amides is 1. The molecule has 1 unspecified atom stereocenters. The second-order valence-corrected chi connectivity index (χ2v) is 3.10. The van der Waals surface area contributed by atoms with Crippen molar-refractivity contribution in [2.75, 3.05) is 32.2 Å². The molecular weight excluding hydrogens is 194 g/mol. The van der Waals surface area contributed by atoms with Crippen molar-refractivity contribution in [3.05, 3.63) is 0 Å². The summed E-state index contributed by atoms with van der Waals surface area (Å²) in [6.07, 6.45) is -0.333. The van der Waals surface area contributed by atoms with Gasteiger partial charge in [0.15, 0.2) is 0 Å². The average molecular weight is 208 g/mol. The molecule has 1 rings (SSSR count). The van der Waals surface area contributed by atoms with Gasteiger partial charge in [0.25, 0.3) is 0 Å². The van der Waals surface area contributed by atoms with E-state index in [0.717, 1.165) is 0 Å². The maximum atomic E-state index is 11.3. The number of rotatable bonds is 2.